The van der Waals surface area contributed by atoms with Crippen molar-refractivity contribution in [3.63, 3.8) is 0 Å². The molecule has 4 N–H and O–H groups in total. The van der Waals surface area contributed by atoms with Gasteiger partial charge in [0.15, 0.2) is 5.60 Å². The molecule has 0 amide bonds. The Morgan fingerprint density at radius 1 is 1.25 bits per heavy atom. The summed E-state index contributed by atoms with van der Waals surface area (Å²) in [5.74, 6) is -6.91. The summed E-state index contributed by atoms with van der Waals surface area (Å²) in [6.45, 7) is 1.43. The van der Waals surface area contributed by atoms with Crippen molar-refractivity contribution in [1.29, 1.82) is 0 Å². The molecule has 2 atom stereocenters. The zero-order chi connectivity index (χ0) is 12.9. The van der Waals surface area contributed by atoms with Crippen LogP contribution in [-0.2, 0) is 14.4 Å². The van der Waals surface area contributed by atoms with Crippen LogP contribution in [0.1, 0.15) is 13.3 Å². The van der Waals surface area contributed by atoms with Gasteiger partial charge in [0.05, 0.1) is 6.42 Å². The normalized spacial score (nSPS) is 16.6. The zero-order valence-electron chi connectivity index (χ0n) is 8.45. The Hall–Kier alpha value is -1.89. The van der Waals surface area contributed by atoms with E-state index in [0.29, 0.717) is 0 Å². The lowest BCUT2D eigenvalue weighted by atomic mass is 9.84. The summed E-state index contributed by atoms with van der Waals surface area (Å²) in [4.78, 5) is 31.9. The van der Waals surface area contributed by atoms with Gasteiger partial charge in [-0.1, -0.05) is 12.2 Å². The Balaban J connectivity index is 5.36. The van der Waals surface area contributed by atoms with Gasteiger partial charge in [0.25, 0.3) is 0 Å². The molecule has 0 aliphatic rings. The second-order valence-corrected chi connectivity index (χ2v) is 3.14. The van der Waals surface area contributed by atoms with Crippen LogP contribution in [0.4, 0.5) is 0 Å². The molecule has 2 unspecified atom stereocenters. The molecule has 0 aliphatic carbocycles. The molecule has 7 heteroatoms. The largest absolute Gasteiger partial charge is 0.481 e. The molecule has 16 heavy (non-hydrogen) atoms. The van der Waals surface area contributed by atoms with Crippen molar-refractivity contribution in [3.05, 3.63) is 12.2 Å². The molecule has 0 bridgehead atoms. The molecule has 0 aromatic heterocycles. The van der Waals surface area contributed by atoms with Crippen molar-refractivity contribution >= 4 is 17.9 Å². The van der Waals surface area contributed by atoms with Gasteiger partial charge in [0.1, 0.15) is 5.92 Å². The standard InChI is InChI=1S/C9H12O7/c1-2-3-5(7(12)13)9(16,8(14)15)4-6(10)11/h2-3,5,16H,4H2,1H3,(H,10,11)(H,12,13)(H,14,15). The fourth-order valence-corrected chi connectivity index (χ4v) is 1.19. The molecule has 7 nitrogen and oxygen atoms in total. The van der Waals surface area contributed by atoms with Gasteiger partial charge in [-0.2, -0.15) is 0 Å². The number of carboxylic acids is 3. The third-order valence-corrected chi connectivity index (χ3v) is 1.96. The van der Waals surface area contributed by atoms with Crippen LogP contribution in [0.5, 0.6) is 0 Å². The van der Waals surface area contributed by atoms with E-state index in [4.69, 9.17) is 15.3 Å². The number of rotatable bonds is 6. The quantitative estimate of drug-likeness (QED) is 0.456. The molecule has 0 aliphatic heterocycles. The number of allylic oxidation sites excluding steroid dienone is 1. The highest BCUT2D eigenvalue weighted by atomic mass is 16.4. The minimum absolute atomic E-state index is 0.930. The van der Waals surface area contributed by atoms with E-state index in [2.05, 4.69) is 0 Å². The second kappa shape index (κ2) is 5.26. The SMILES string of the molecule is CC=CC(C(=O)O)C(O)(CC(=O)O)C(=O)O. The summed E-state index contributed by atoms with van der Waals surface area (Å²) in [5, 5.41) is 35.5. The van der Waals surface area contributed by atoms with Crippen LogP contribution >= 0.6 is 0 Å². The van der Waals surface area contributed by atoms with Crippen molar-refractivity contribution in [2.24, 2.45) is 5.92 Å². The van der Waals surface area contributed by atoms with Gasteiger partial charge in [-0.3, -0.25) is 9.59 Å². The summed E-state index contributed by atoms with van der Waals surface area (Å²) >= 11 is 0. The number of aliphatic carboxylic acids is 3. The molecule has 0 saturated carbocycles. The first-order chi connectivity index (χ1) is 7.25. The molecule has 0 saturated heterocycles. The lowest BCUT2D eigenvalue weighted by Crippen LogP contribution is -2.50. The Morgan fingerprint density at radius 3 is 2.00 bits per heavy atom. The van der Waals surface area contributed by atoms with E-state index in [9.17, 15) is 19.5 Å². The molecular weight excluding hydrogens is 220 g/mol. The van der Waals surface area contributed by atoms with Crippen LogP contribution in [0.15, 0.2) is 12.2 Å². The van der Waals surface area contributed by atoms with Gasteiger partial charge in [-0.05, 0) is 6.92 Å². The molecule has 0 fully saturated rings. The first kappa shape index (κ1) is 14.1. The Labute approximate surface area is 90.6 Å². The maximum absolute atomic E-state index is 10.8. The average molecular weight is 232 g/mol. The fraction of sp³-hybridized carbons (Fsp3) is 0.444. The third-order valence-electron chi connectivity index (χ3n) is 1.96. The molecule has 0 heterocycles. The summed E-state index contributed by atoms with van der Waals surface area (Å²) in [6, 6.07) is 0. The smallest absolute Gasteiger partial charge is 0.337 e. The number of carboxylic acid groups (broad SMARTS) is 3. The van der Waals surface area contributed by atoms with Gasteiger partial charge < -0.3 is 20.4 Å². The van der Waals surface area contributed by atoms with Crippen molar-refractivity contribution in [3.8, 4) is 0 Å². The minimum atomic E-state index is -2.86. The highest BCUT2D eigenvalue weighted by Gasteiger charge is 2.48. The van der Waals surface area contributed by atoms with Crippen LogP contribution in [0.25, 0.3) is 0 Å². The van der Waals surface area contributed by atoms with Crippen LogP contribution in [0.3, 0.4) is 0 Å². The lowest BCUT2D eigenvalue weighted by Gasteiger charge is -2.25. The van der Waals surface area contributed by atoms with Crippen molar-refractivity contribution in [2.75, 3.05) is 0 Å². The summed E-state index contributed by atoms with van der Waals surface area (Å²) in [6.07, 6.45) is 0.970. The van der Waals surface area contributed by atoms with E-state index in [1.165, 1.54) is 13.0 Å². The molecule has 90 valence electrons. The monoisotopic (exact) mass is 232 g/mol. The second-order valence-electron chi connectivity index (χ2n) is 3.14. The van der Waals surface area contributed by atoms with E-state index >= 15 is 0 Å². The number of hydrogen-bond acceptors (Lipinski definition) is 4. The van der Waals surface area contributed by atoms with Crippen molar-refractivity contribution in [2.45, 2.75) is 18.9 Å². The topological polar surface area (TPSA) is 132 Å². The summed E-state index contributed by atoms with van der Waals surface area (Å²) in [7, 11) is 0. The maximum Gasteiger partial charge on any atom is 0.337 e. The van der Waals surface area contributed by atoms with Crippen molar-refractivity contribution in [1.82, 2.24) is 0 Å². The third kappa shape index (κ3) is 3.06. The van der Waals surface area contributed by atoms with Gasteiger partial charge in [0.2, 0.25) is 0 Å². The van der Waals surface area contributed by atoms with E-state index < -0.39 is 35.8 Å². The highest BCUT2D eigenvalue weighted by molar-refractivity contribution is 5.90. The van der Waals surface area contributed by atoms with Gasteiger partial charge >= 0.3 is 17.9 Å². The highest BCUT2D eigenvalue weighted by Crippen LogP contribution is 2.24. The van der Waals surface area contributed by atoms with E-state index in [-0.39, 0.29) is 0 Å². The molecule has 0 radical (unpaired) electrons. The van der Waals surface area contributed by atoms with Gasteiger partial charge in [-0.15, -0.1) is 0 Å². The summed E-state index contributed by atoms with van der Waals surface area (Å²) in [5.41, 5.74) is -2.86. The fourth-order valence-electron chi connectivity index (χ4n) is 1.19. The lowest BCUT2D eigenvalue weighted by molar-refractivity contribution is -0.175. The molecule has 0 rings (SSSR count). The number of carbonyl (C=O) groups is 3. The van der Waals surface area contributed by atoms with E-state index in [0.717, 1.165) is 6.08 Å². The number of aliphatic hydroxyl groups is 1. The molecule has 0 aromatic rings. The first-order valence-electron chi connectivity index (χ1n) is 4.29. The van der Waals surface area contributed by atoms with Crippen LogP contribution in [0.2, 0.25) is 0 Å². The molecule has 0 aromatic carbocycles. The van der Waals surface area contributed by atoms with E-state index in [1.54, 1.807) is 0 Å². The Morgan fingerprint density at radius 2 is 1.75 bits per heavy atom. The van der Waals surface area contributed by atoms with Crippen LogP contribution < -0.4 is 0 Å². The van der Waals surface area contributed by atoms with Crippen LogP contribution in [-0.4, -0.2) is 43.9 Å². The van der Waals surface area contributed by atoms with E-state index in [1.807, 2.05) is 0 Å². The maximum atomic E-state index is 10.8. The zero-order valence-corrected chi connectivity index (χ0v) is 8.45. The Kier molecular flexibility index (Phi) is 4.64. The predicted octanol–water partition coefficient (Wildman–Crippen LogP) is -0.446. The number of hydrogen-bond donors (Lipinski definition) is 4. The van der Waals surface area contributed by atoms with Gasteiger partial charge in [-0.25, -0.2) is 4.79 Å². The average Bonchev–Trinajstić information content (AvgIpc) is 2.11. The predicted molar refractivity (Wildman–Crippen MR) is 50.8 cm³/mol. The molecular formula is C9H12O7. The molecule has 0 spiro atoms. The van der Waals surface area contributed by atoms with Gasteiger partial charge in [0, 0.05) is 0 Å². The minimum Gasteiger partial charge on any atom is -0.481 e. The van der Waals surface area contributed by atoms with Crippen LogP contribution in [0, 0.1) is 5.92 Å². The Bertz CT molecular complexity index is 333. The first-order valence-corrected chi connectivity index (χ1v) is 4.29. The van der Waals surface area contributed by atoms with Crippen molar-refractivity contribution < 1.29 is 34.8 Å². The summed E-state index contributed by atoms with van der Waals surface area (Å²) < 4.78 is 0.